The third-order valence-corrected chi connectivity index (χ3v) is 9.35. The Morgan fingerprint density at radius 3 is 2.28 bits per heavy atom. The van der Waals surface area contributed by atoms with Gasteiger partial charge in [-0.3, -0.25) is 14.7 Å². The molecule has 2 aliphatic rings. The highest BCUT2D eigenvalue weighted by Gasteiger charge is 2.40. The first-order chi connectivity index (χ1) is 18.7. The predicted molar refractivity (Wildman–Crippen MR) is 158 cm³/mol. The molecule has 1 unspecified atom stereocenters. The van der Waals surface area contributed by atoms with Crippen LogP contribution in [0.15, 0.2) is 59.3 Å². The molecule has 0 bridgehead atoms. The Kier molecular flexibility index (Phi) is 8.38. The molecule has 0 radical (unpaired) electrons. The summed E-state index contributed by atoms with van der Waals surface area (Å²) in [7, 11) is 0. The molecular formula is C32H39BrN4O2. The maximum absolute atomic E-state index is 13.3. The molecule has 0 aliphatic carbocycles. The minimum absolute atomic E-state index is 0.0351. The predicted octanol–water partition coefficient (Wildman–Crippen LogP) is 6.69. The number of nitrogens with zero attached hydrogens (tertiary/aromatic N) is 4. The fraction of sp³-hybridized carbons (Fsp3) is 0.469. The van der Waals surface area contributed by atoms with E-state index >= 15 is 0 Å². The second-order valence-electron chi connectivity index (χ2n) is 11.4. The average Bonchev–Trinajstić information content (AvgIpc) is 2.94. The number of carbonyl (C=O) groups excluding carboxylic acids is 1. The van der Waals surface area contributed by atoms with Crippen molar-refractivity contribution in [1.82, 2.24) is 19.8 Å². The fourth-order valence-corrected chi connectivity index (χ4v) is 6.49. The molecule has 0 saturated carbocycles. The second-order valence-corrected chi connectivity index (χ2v) is 12.3. The van der Waals surface area contributed by atoms with Crippen LogP contribution in [0.5, 0.6) is 5.88 Å². The highest BCUT2D eigenvalue weighted by Crippen LogP contribution is 2.39. The largest absolute Gasteiger partial charge is 0.469 e. The number of aryl methyl sites for hydroxylation is 3. The van der Waals surface area contributed by atoms with E-state index in [0.29, 0.717) is 5.92 Å². The Morgan fingerprint density at radius 1 is 0.949 bits per heavy atom. The Bertz CT molecular complexity index is 1280. The fourth-order valence-electron chi connectivity index (χ4n) is 6.23. The number of rotatable bonds is 6. The van der Waals surface area contributed by atoms with Crippen molar-refractivity contribution in [2.45, 2.75) is 65.0 Å². The van der Waals surface area contributed by atoms with E-state index in [0.717, 1.165) is 84.6 Å². The van der Waals surface area contributed by atoms with Gasteiger partial charge in [-0.05, 0) is 102 Å². The Balaban J connectivity index is 1.24. The number of aromatic nitrogens is 2. The van der Waals surface area contributed by atoms with E-state index in [4.69, 9.17) is 4.74 Å². The molecule has 0 spiro atoms. The lowest BCUT2D eigenvalue weighted by molar-refractivity contribution is -0.00624. The summed E-state index contributed by atoms with van der Waals surface area (Å²) >= 11 is 3.57. The van der Waals surface area contributed by atoms with Crippen LogP contribution in [0.25, 0.3) is 0 Å². The quantitative estimate of drug-likeness (QED) is 0.320. The van der Waals surface area contributed by atoms with E-state index in [9.17, 15) is 4.79 Å². The number of likely N-dealkylation sites (tertiary alicyclic amines) is 2. The number of amides is 1. The van der Waals surface area contributed by atoms with Gasteiger partial charge in [0, 0.05) is 47.0 Å². The first kappa shape index (κ1) is 27.8. The molecule has 2 aliphatic heterocycles. The first-order valence-electron chi connectivity index (χ1n) is 14.1. The van der Waals surface area contributed by atoms with Crippen molar-refractivity contribution in [3.05, 3.63) is 87.3 Å². The maximum atomic E-state index is 13.3. The van der Waals surface area contributed by atoms with E-state index in [2.05, 4.69) is 75.0 Å². The van der Waals surface area contributed by atoms with Gasteiger partial charge in [-0.1, -0.05) is 34.1 Å². The van der Waals surface area contributed by atoms with Crippen molar-refractivity contribution in [1.29, 1.82) is 0 Å². The maximum Gasteiger partial charge on any atom is 0.255 e. The zero-order chi connectivity index (χ0) is 27.6. The number of hydrogen-bond acceptors (Lipinski definition) is 5. The van der Waals surface area contributed by atoms with Crippen LogP contribution >= 0.6 is 15.9 Å². The van der Waals surface area contributed by atoms with Gasteiger partial charge in [-0.15, -0.1) is 0 Å². The lowest BCUT2D eigenvalue weighted by Crippen LogP contribution is -2.56. The highest BCUT2D eigenvalue weighted by atomic mass is 79.9. The number of benzene rings is 1. The molecule has 2 fully saturated rings. The summed E-state index contributed by atoms with van der Waals surface area (Å²) < 4.78 is 7.69. The molecule has 39 heavy (non-hydrogen) atoms. The second kappa shape index (κ2) is 11.8. The van der Waals surface area contributed by atoms with Gasteiger partial charge in [0.2, 0.25) is 5.88 Å². The average molecular weight is 592 g/mol. The van der Waals surface area contributed by atoms with Gasteiger partial charge in [0.15, 0.2) is 0 Å². The Hall–Kier alpha value is -2.77. The molecule has 4 heterocycles. The van der Waals surface area contributed by atoms with Crippen LogP contribution in [-0.4, -0.2) is 57.4 Å². The van der Waals surface area contributed by atoms with Crippen molar-refractivity contribution in [3.8, 4) is 5.88 Å². The standard InChI is InChI=1S/C32H39BrN4O2/c1-22-11-17-34-24(3)28(22)31(38)36-20-14-32(4,15-21-36)37-18-12-26(13-19-37)29(25-7-9-27(33)10-8-25)39-30-23(2)6-5-16-35-30/h5-11,16-17,26,29H,12-15,18-21H2,1-4H3. The van der Waals surface area contributed by atoms with Crippen LogP contribution in [0.3, 0.4) is 0 Å². The van der Waals surface area contributed by atoms with E-state index in [1.54, 1.807) is 12.4 Å². The Morgan fingerprint density at radius 2 is 1.64 bits per heavy atom. The molecule has 206 valence electrons. The molecule has 6 nitrogen and oxygen atoms in total. The van der Waals surface area contributed by atoms with E-state index < -0.39 is 0 Å². The molecule has 7 heteroatoms. The van der Waals surface area contributed by atoms with Crippen LogP contribution in [0, 0.1) is 26.7 Å². The van der Waals surface area contributed by atoms with E-state index in [-0.39, 0.29) is 17.6 Å². The van der Waals surface area contributed by atoms with Gasteiger partial charge in [-0.2, -0.15) is 0 Å². The normalized spacial score (nSPS) is 19.1. The van der Waals surface area contributed by atoms with Crippen LogP contribution in [0.4, 0.5) is 0 Å². The third kappa shape index (κ3) is 6.04. The molecule has 1 amide bonds. The number of pyridine rings is 2. The SMILES string of the molecule is Cc1cccnc1OC(c1ccc(Br)cc1)C1CCN(C2(C)CCN(C(=O)c3c(C)ccnc3C)CC2)CC1. The van der Waals surface area contributed by atoms with Crippen LogP contribution in [-0.2, 0) is 0 Å². The van der Waals surface area contributed by atoms with Crippen molar-refractivity contribution >= 4 is 21.8 Å². The van der Waals surface area contributed by atoms with Gasteiger partial charge < -0.3 is 9.64 Å². The molecular weight excluding hydrogens is 552 g/mol. The van der Waals surface area contributed by atoms with Gasteiger partial charge in [0.05, 0.1) is 11.3 Å². The van der Waals surface area contributed by atoms with Crippen molar-refractivity contribution in [2.75, 3.05) is 26.2 Å². The zero-order valence-electron chi connectivity index (χ0n) is 23.5. The minimum atomic E-state index is -0.0351. The lowest BCUT2D eigenvalue weighted by Gasteiger charge is -2.50. The van der Waals surface area contributed by atoms with Gasteiger partial charge in [-0.25, -0.2) is 4.98 Å². The number of ether oxygens (including phenoxy) is 1. The molecule has 5 rings (SSSR count). The Labute approximate surface area is 240 Å². The highest BCUT2D eigenvalue weighted by molar-refractivity contribution is 9.10. The number of hydrogen-bond donors (Lipinski definition) is 0. The summed E-state index contributed by atoms with van der Waals surface area (Å²) in [5, 5.41) is 0. The number of halogens is 1. The minimum Gasteiger partial charge on any atom is -0.469 e. The van der Waals surface area contributed by atoms with Crippen LogP contribution in [0.2, 0.25) is 0 Å². The third-order valence-electron chi connectivity index (χ3n) is 8.82. The zero-order valence-corrected chi connectivity index (χ0v) is 25.1. The van der Waals surface area contributed by atoms with Gasteiger partial charge in [0.25, 0.3) is 5.91 Å². The van der Waals surface area contributed by atoms with Crippen molar-refractivity contribution in [3.63, 3.8) is 0 Å². The number of carbonyl (C=O) groups is 1. The summed E-state index contributed by atoms with van der Waals surface area (Å²) in [6.07, 6.45) is 7.66. The van der Waals surface area contributed by atoms with Crippen LogP contribution in [0.1, 0.15) is 71.5 Å². The topological polar surface area (TPSA) is 58.6 Å². The summed E-state index contributed by atoms with van der Waals surface area (Å²) in [6, 6.07) is 14.5. The summed E-state index contributed by atoms with van der Waals surface area (Å²) in [6.45, 7) is 12.0. The molecule has 3 aromatic rings. The van der Waals surface area contributed by atoms with Gasteiger partial charge >= 0.3 is 0 Å². The van der Waals surface area contributed by atoms with Crippen molar-refractivity contribution in [2.24, 2.45) is 5.92 Å². The van der Waals surface area contributed by atoms with Crippen LogP contribution < -0.4 is 4.74 Å². The molecule has 1 atom stereocenters. The smallest absolute Gasteiger partial charge is 0.255 e. The molecule has 2 aromatic heterocycles. The summed E-state index contributed by atoms with van der Waals surface area (Å²) in [4.78, 5) is 26.9. The van der Waals surface area contributed by atoms with Crippen molar-refractivity contribution < 1.29 is 9.53 Å². The number of piperidine rings is 2. The monoisotopic (exact) mass is 590 g/mol. The molecule has 2 saturated heterocycles. The summed E-state index contributed by atoms with van der Waals surface area (Å²) in [5.41, 5.74) is 4.95. The molecule has 0 N–H and O–H groups in total. The summed E-state index contributed by atoms with van der Waals surface area (Å²) in [5.74, 6) is 1.25. The van der Waals surface area contributed by atoms with E-state index in [1.807, 2.05) is 30.9 Å². The lowest BCUT2D eigenvalue weighted by atomic mass is 9.82. The van der Waals surface area contributed by atoms with Gasteiger partial charge in [0.1, 0.15) is 6.10 Å². The molecule has 1 aromatic carbocycles. The van der Waals surface area contributed by atoms with E-state index in [1.165, 1.54) is 5.56 Å². The first-order valence-corrected chi connectivity index (χ1v) is 14.8.